The van der Waals surface area contributed by atoms with Gasteiger partial charge in [0.05, 0.1) is 10.0 Å². The zero-order valence-corrected chi connectivity index (χ0v) is 9.36. The van der Waals surface area contributed by atoms with E-state index in [-0.39, 0.29) is 5.75 Å². The van der Waals surface area contributed by atoms with Gasteiger partial charge in [0.1, 0.15) is 0 Å². The van der Waals surface area contributed by atoms with E-state index < -0.39 is 0 Å². The van der Waals surface area contributed by atoms with Crippen LogP contribution in [0.2, 0.25) is 5.02 Å². The maximum absolute atomic E-state index is 8.57. The molecule has 0 N–H and O–H groups in total. The van der Waals surface area contributed by atoms with Crippen LogP contribution in [-0.4, -0.2) is 16.5 Å². The summed E-state index contributed by atoms with van der Waals surface area (Å²) in [5, 5.41) is 1.73. The number of carbonyl (C=O) groups excluding carboxylic acids is 1. The second-order valence-electron chi connectivity index (χ2n) is 1.84. The summed E-state index contributed by atoms with van der Waals surface area (Å²) in [4.78, 5) is 12.7. The number of aromatic nitrogens is 1. The highest BCUT2D eigenvalue weighted by Gasteiger charge is 1.91. The Morgan fingerprint density at radius 3 is 2.62 bits per heavy atom. The SMILES string of the molecule is CCSc1ccc(Cl)cn1.O=CCl. The van der Waals surface area contributed by atoms with E-state index in [2.05, 4.69) is 23.5 Å². The Kier molecular flexibility index (Phi) is 8.19. The van der Waals surface area contributed by atoms with Crippen LogP contribution in [0.4, 0.5) is 0 Å². The molecule has 0 aromatic carbocycles. The lowest BCUT2D eigenvalue weighted by atomic mass is 10.5. The van der Waals surface area contributed by atoms with Gasteiger partial charge in [-0.25, -0.2) is 4.98 Å². The molecule has 1 aromatic rings. The topological polar surface area (TPSA) is 30.0 Å². The molecule has 0 spiro atoms. The minimum Gasteiger partial charge on any atom is -0.285 e. The van der Waals surface area contributed by atoms with Crippen LogP contribution in [0.15, 0.2) is 23.4 Å². The Morgan fingerprint density at radius 2 is 2.23 bits per heavy atom. The van der Waals surface area contributed by atoms with Gasteiger partial charge < -0.3 is 0 Å². The van der Waals surface area contributed by atoms with Gasteiger partial charge >= 0.3 is 0 Å². The fourth-order valence-corrected chi connectivity index (χ4v) is 1.29. The molecular formula is C8H9Cl2NOS. The third-order valence-corrected chi connectivity index (χ3v) is 2.04. The van der Waals surface area contributed by atoms with Gasteiger partial charge in [-0.15, -0.1) is 11.8 Å². The second kappa shape index (κ2) is 8.35. The smallest absolute Gasteiger partial charge is 0.208 e. The van der Waals surface area contributed by atoms with Gasteiger partial charge in [0, 0.05) is 6.20 Å². The van der Waals surface area contributed by atoms with Gasteiger partial charge in [-0.1, -0.05) is 18.5 Å². The van der Waals surface area contributed by atoms with Gasteiger partial charge in [0.2, 0.25) is 5.75 Å². The molecule has 0 bridgehead atoms. The Hall–Kier alpha value is -0.250. The Bertz CT molecular complexity index is 240. The lowest BCUT2D eigenvalue weighted by Gasteiger charge is -1.94. The summed E-state index contributed by atoms with van der Waals surface area (Å²) >= 11 is 11.7. The van der Waals surface area contributed by atoms with Gasteiger partial charge in [-0.3, -0.25) is 4.79 Å². The largest absolute Gasteiger partial charge is 0.285 e. The molecule has 0 radical (unpaired) electrons. The number of nitrogens with zero attached hydrogens (tertiary/aromatic N) is 1. The second-order valence-corrected chi connectivity index (χ2v) is 3.74. The van der Waals surface area contributed by atoms with Gasteiger partial charge in [-0.05, 0) is 29.5 Å². The first-order valence-electron chi connectivity index (χ1n) is 3.52. The molecule has 0 saturated carbocycles. The molecule has 0 aliphatic rings. The average Bonchev–Trinajstić information content (AvgIpc) is 2.11. The van der Waals surface area contributed by atoms with Gasteiger partial charge in [0.15, 0.2) is 0 Å². The Labute approximate surface area is 91.6 Å². The van der Waals surface area contributed by atoms with Crippen LogP contribution in [0.25, 0.3) is 0 Å². The van der Waals surface area contributed by atoms with Crippen molar-refractivity contribution in [2.24, 2.45) is 0 Å². The molecule has 0 aliphatic carbocycles. The highest BCUT2D eigenvalue weighted by Crippen LogP contribution is 2.15. The van der Waals surface area contributed by atoms with Crippen LogP contribution in [0.1, 0.15) is 6.92 Å². The first kappa shape index (κ1) is 12.8. The predicted molar refractivity (Wildman–Crippen MR) is 58.2 cm³/mol. The Balaban J connectivity index is 0.000000424. The molecule has 0 saturated heterocycles. The molecule has 1 rings (SSSR count). The van der Waals surface area contributed by atoms with Gasteiger partial charge in [-0.2, -0.15) is 0 Å². The number of carbonyl (C=O) groups is 1. The van der Waals surface area contributed by atoms with Crippen molar-refractivity contribution in [1.82, 2.24) is 4.98 Å². The van der Waals surface area contributed by atoms with Crippen LogP contribution >= 0.6 is 35.0 Å². The summed E-state index contributed by atoms with van der Waals surface area (Å²) in [6.07, 6.45) is 1.67. The fraction of sp³-hybridized carbons (Fsp3) is 0.250. The normalized spacial score (nSPS) is 8.54. The quantitative estimate of drug-likeness (QED) is 0.450. The van der Waals surface area contributed by atoms with Crippen molar-refractivity contribution in [2.75, 3.05) is 5.75 Å². The predicted octanol–water partition coefficient (Wildman–Crippen LogP) is 3.26. The third-order valence-electron chi connectivity index (χ3n) is 0.992. The van der Waals surface area contributed by atoms with Crippen LogP contribution < -0.4 is 0 Å². The summed E-state index contributed by atoms with van der Waals surface area (Å²) in [6, 6.07) is 3.78. The molecule has 0 fully saturated rings. The number of hydrogen-bond acceptors (Lipinski definition) is 3. The monoisotopic (exact) mass is 237 g/mol. The highest BCUT2D eigenvalue weighted by molar-refractivity contribution is 7.99. The first-order valence-corrected chi connectivity index (χ1v) is 5.32. The van der Waals surface area contributed by atoms with Crippen LogP contribution in [0.5, 0.6) is 0 Å². The number of halogens is 2. The molecule has 1 aromatic heterocycles. The molecule has 0 amide bonds. The number of rotatable bonds is 2. The maximum atomic E-state index is 8.57. The van der Waals surface area contributed by atoms with E-state index in [1.807, 2.05) is 12.1 Å². The Morgan fingerprint density at radius 1 is 1.62 bits per heavy atom. The van der Waals surface area contributed by atoms with Crippen LogP contribution in [0.3, 0.4) is 0 Å². The molecule has 0 aliphatic heterocycles. The summed E-state index contributed by atoms with van der Waals surface area (Å²) in [7, 11) is 0. The summed E-state index contributed by atoms with van der Waals surface area (Å²) < 4.78 is 0. The standard InChI is InChI=1S/C7H8ClNS.CHClO/c1-2-10-7-4-3-6(8)5-9-7;2-1-3/h3-5H,2H2,1H3;1H. The summed E-state index contributed by atoms with van der Waals surface area (Å²) in [5.41, 5.74) is 0. The minimum atomic E-state index is 0.222. The number of thioether (sulfide) groups is 1. The lowest BCUT2D eigenvalue weighted by molar-refractivity contribution is 0.569. The lowest BCUT2D eigenvalue weighted by Crippen LogP contribution is -1.77. The van der Waals surface area contributed by atoms with E-state index in [0.717, 1.165) is 10.8 Å². The van der Waals surface area contributed by atoms with Crippen molar-refractivity contribution in [3.63, 3.8) is 0 Å². The zero-order valence-electron chi connectivity index (χ0n) is 7.04. The van der Waals surface area contributed by atoms with E-state index >= 15 is 0 Å². The van der Waals surface area contributed by atoms with E-state index in [9.17, 15) is 0 Å². The molecule has 1 heterocycles. The van der Waals surface area contributed by atoms with Crippen molar-refractivity contribution < 1.29 is 4.79 Å². The zero-order chi connectivity index (χ0) is 10.1. The van der Waals surface area contributed by atoms with Crippen LogP contribution in [0, 0.1) is 0 Å². The molecule has 13 heavy (non-hydrogen) atoms. The third kappa shape index (κ3) is 6.87. The van der Waals surface area contributed by atoms with E-state index in [4.69, 9.17) is 16.4 Å². The van der Waals surface area contributed by atoms with Crippen molar-refractivity contribution in [2.45, 2.75) is 11.9 Å². The summed E-state index contributed by atoms with van der Waals surface area (Å²) in [6.45, 7) is 2.10. The highest BCUT2D eigenvalue weighted by atomic mass is 35.5. The first-order chi connectivity index (χ1) is 6.24. The maximum Gasteiger partial charge on any atom is 0.208 e. The van der Waals surface area contributed by atoms with Crippen molar-refractivity contribution in [3.8, 4) is 0 Å². The van der Waals surface area contributed by atoms with Crippen molar-refractivity contribution in [1.29, 1.82) is 0 Å². The van der Waals surface area contributed by atoms with E-state index in [1.54, 1.807) is 18.0 Å². The molecule has 2 nitrogen and oxygen atoms in total. The van der Waals surface area contributed by atoms with E-state index in [1.165, 1.54) is 0 Å². The average molecular weight is 238 g/mol. The molecule has 0 atom stereocenters. The van der Waals surface area contributed by atoms with Crippen molar-refractivity contribution in [3.05, 3.63) is 23.4 Å². The fourth-order valence-electron chi connectivity index (χ4n) is 0.596. The number of pyridine rings is 1. The molecular weight excluding hydrogens is 229 g/mol. The summed E-state index contributed by atoms with van der Waals surface area (Å²) in [5.74, 6) is 1.27. The molecule has 0 unspecified atom stereocenters. The molecule has 72 valence electrons. The van der Waals surface area contributed by atoms with Gasteiger partial charge in [0.25, 0.3) is 0 Å². The van der Waals surface area contributed by atoms with Crippen molar-refractivity contribution >= 4 is 40.7 Å². The minimum absolute atomic E-state index is 0.222. The van der Waals surface area contributed by atoms with E-state index in [0.29, 0.717) is 5.02 Å². The molecule has 5 heteroatoms. The number of hydrogen-bond donors (Lipinski definition) is 0. The van der Waals surface area contributed by atoms with Crippen LogP contribution in [-0.2, 0) is 4.79 Å².